The number of hydrogen-bond donors (Lipinski definition) is 0. The Morgan fingerprint density at radius 1 is 1.38 bits per heavy atom. The van der Waals surface area contributed by atoms with Crippen LogP contribution in [0.1, 0.15) is 0 Å². The van der Waals surface area contributed by atoms with Gasteiger partial charge in [0.15, 0.2) is 8.24 Å². The molecule has 2 aromatic rings. The predicted octanol–water partition coefficient (Wildman–Crippen LogP) is 2.63. The number of nitro groups is 1. The van der Waals surface area contributed by atoms with Crippen molar-refractivity contribution in [3.63, 3.8) is 0 Å². The van der Waals surface area contributed by atoms with Gasteiger partial charge in [-0.1, -0.05) is 0 Å². The van der Waals surface area contributed by atoms with Crippen molar-refractivity contribution in [1.29, 1.82) is 0 Å². The average Bonchev–Trinajstić information content (AvgIpc) is 2.58. The van der Waals surface area contributed by atoms with E-state index in [4.69, 9.17) is 0 Å². The van der Waals surface area contributed by atoms with E-state index in [1.165, 1.54) is 6.07 Å². The molecule has 6 heteroatoms. The molecule has 1 aromatic heterocycles. The minimum Gasteiger partial charge on any atom is -0.295 e. The van der Waals surface area contributed by atoms with Gasteiger partial charge >= 0.3 is 0 Å². The number of rotatable bonds is 2. The van der Waals surface area contributed by atoms with Crippen molar-refractivity contribution in [1.82, 2.24) is 9.45 Å². The molecule has 2 rings (SSSR count). The molecule has 0 amide bonds. The second-order valence-corrected chi connectivity index (χ2v) is 9.49. The molecule has 0 bridgehead atoms. The Hall–Kier alpha value is -1.69. The lowest BCUT2D eigenvalue weighted by molar-refractivity contribution is -0.384. The van der Waals surface area contributed by atoms with Gasteiger partial charge in [0.05, 0.1) is 16.6 Å². The predicted molar refractivity (Wildman–Crippen MR) is 65.1 cm³/mol. The lowest BCUT2D eigenvalue weighted by atomic mass is 10.2. The molecule has 0 fully saturated rings. The molecule has 0 radical (unpaired) electrons. The highest BCUT2D eigenvalue weighted by molar-refractivity contribution is 6.75. The third-order valence-electron chi connectivity index (χ3n) is 2.40. The monoisotopic (exact) mass is 235 g/mol. The van der Waals surface area contributed by atoms with E-state index < -0.39 is 8.24 Å². The van der Waals surface area contributed by atoms with E-state index in [2.05, 4.69) is 24.7 Å². The Morgan fingerprint density at radius 3 is 2.62 bits per heavy atom. The van der Waals surface area contributed by atoms with Crippen molar-refractivity contribution in [2.45, 2.75) is 19.6 Å². The van der Waals surface area contributed by atoms with Crippen LogP contribution in [0.2, 0.25) is 19.6 Å². The normalized spacial score (nSPS) is 11.9. The summed E-state index contributed by atoms with van der Waals surface area (Å²) in [6.45, 7) is 6.54. The number of nitro benzene ring substituents is 1. The van der Waals surface area contributed by atoms with Crippen LogP contribution in [-0.4, -0.2) is 22.6 Å². The van der Waals surface area contributed by atoms with Crippen molar-refractivity contribution in [3.8, 4) is 0 Å². The fourth-order valence-electron chi connectivity index (χ4n) is 1.67. The Bertz CT molecular complexity index is 557. The van der Waals surface area contributed by atoms with Gasteiger partial charge in [-0.3, -0.25) is 14.5 Å². The van der Waals surface area contributed by atoms with Crippen LogP contribution in [0.15, 0.2) is 24.4 Å². The van der Waals surface area contributed by atoms with Crippen LogP contribution in [0.4, 0.5) is 5.69 Å². The molecule has 1 aromatic carbocycles. The summed E-state index contributed by atoms with van der Waals surface area (Å²) in [5.41, 5.74) is 1.09. The van der Waals surface area contributed by atoms with E-state index in [9.17, 15) is 10.1 Å². The number of fused-ring (bicyclic) bond motifs is 1. The first kappa shape index (κ1) is 10.8. The molecule has 0 aliphatic rings. The minimum absolute atomic E-state index is 0.114. The van der Waals surface area contributed by atoms with Gasteiger partial charge < -0.3 is 0 Å². The maximum absolute atomic E-state index is 10.6. The van der Waals surface area contributed by atoms with Crippen molar-refractivity contribution >= 4 is 24.8 Å². The van der Waals surface area contributed by atoms with Crippen molar-refractivity contribution in [3.05, 3.63) is 34.5 Å². The number of benzene rings is 1. The molecule has 0 atom stereocenters. The summed E-state index contributed by atoms with van der Waals surface area (Å²) in [6, 6.07) is 4.87. The lowest BCUT2D eigenvalue weighted by Crippen LogP contribution is -2.32. The molecular weight excluding hydrogens is 222 g/mol. The molecular formula is C10H13N3O2Si. The quantitative estimate of drug-likeness (QED) is 0.456. The van der Waals surface area contributed by atoms with Gasteiger partial charge in [0, 0.05) is 17.5 Å². The number of non-ortho nitro benzene ring substituents is 1. The van der Waals surface area contributed by atoms with Gasteiger partial charge in [-0.25, -0.2) is 0 Å². The minimum atomic E-state index is -1.55. The van der Waals surface area contributed by atoms with Crippen molar-refractivity contribution in [2.24, 2.45) is 0 Å². The highest BCUT2D eigenvalue weighted by atomic mass is 28.3. The van der Waals surface area contributed by atoms with Gasteiger partial charge in [-0.05, 0) is 25.7 Å². The Morgan fingerprint density at radius 2 is 2.06 bits per heavy atom. The average molecular weight is 235 g/mol. The standard InChI is InChI=1S/C10H13N3O2Si/c1-16(2,3)12-10-5-4-9(13(14)15)6-8(10)7-11-12/h4-7H,1-3H3. The first-order valence-corrected chi connectivity index (χ1v) is 8.47. The van der Waals surface area contributed by atoms with Crippen molar-refractivity contribution < 1.29 is 4.92 Å². The summed E-state index contributed by atoms with van der Waals surface area (Å²) in [7, 11) is -1.55. The van der Waals surface area contributed by atoms with Crippen LogP contribution in [0.25, 0.3) is 10.9 Å². The molecule has 0 N–H and O–H groups in total. The maximum Gasteiger partial charge on any atom is 0.270 e. The fraction of sp³-hybridized carbons (Fsp3) is 0.300. The van der Waals surface area contributed by atoms with Crippen LogP contribution in [0, 0.1) is 10.1 Å². The third kappa shape index (κ3) is 1.71. The summed E-state index contributed by atoms with van der Waals surface area (Å²) < 4.78 is 2.01. The first-order chi connectivity index (χ1) is 7.39. The molecule has 16 heavy (non-hydrogen) atoms. The van der Waals surface area contributed by atoms with Crippen LogP contribution < -0.4 is 0 Å². The molecule has 0 spiro atoms. The molecule has 0 aliphatic carbocycles. The maximum atomic E-state index is 10.6. The zero-order valence-electron chi connectivity index (χ0n) is 9.47. The molecule has 5 nitrogen and oxygen atoms in total. The summed E-state index contributed by atoms with van der Waals surface area (Å²) in [4.78, 5) is 10.3. The zero-order valence-corrected chi connectivity index (χ0v) is 10.5. The van der Waals surface area contributed by atoms with E-state index >= 15 is 0 Å². The summed E-state index contributed by atoms with van der Waals surface area (Å²) in [6.07, 6.45) is 1.70. The van der Waals surface area contributed by atoms with Gasteiger partial charge in [0.1, 0.15) is 0 Å². The van der Waals surface area contributed by atoms with E-state index in [1.54, 1.807) is 18.3 Å². The van der Waals surface area contributed by atoms with Gasteiger partial charge in [0.2, 0.25) is 0 Å². The Balaban J connectivity index is 2.64. The summed E-state index contributed by atoms with van der Waals surface area (Å²) in [5.74, 6) is 0. The van der Waals surface area contributed by atoms with E-state index in [0.717, 1.165) is 10.9 Å². The second kappa shape index (κ2) is 3.41. The molecule has 1 heterocycles. The van der Waals surface area contributed by atoms with Crippen LogP contribution in [-0.2, 0) is 0 Å². The van der Waals surface area contributed by atoms with E-state index in [1.807, 2.05) is 4.35 Å². The van der Waals surface area contributed by atoms with Crippen molar-refractivity contribution in [2.75, 3.05) is 0 Å². The van der Waals surface area contributed by atoms with Crippen LogP contribution in [0.5, 0.6) is 0 Å². The van der Waals surface area contributed by atoms with Crippen LogP contribution >= 0.6 is 0 Å². The topological polar surface area (TPSA) is 61.0 Å². The number of aromatic nitrogens is 2. The van der Waals surface area contributed by atoms with Gasteiger partial charge in [-0.2, -0.15) is 5.10 Å². The SMILES string of the molecule is C[Si](C)(C)n1ncc2cc([N+](=O)[O-])ccc21. The lowest BCUT2D eigenvalue weighted by Gasteiger charge is -2.17. The largest absolute Gasteiger partial charge is 0.295 e. The molecule has 0 saturated heterocycles. The molecule has 0 aliphatic heterocycles. The van der Waals surface area contributed by atoms with E-state index in [-0.39, 0.29) is 10.6 Å². The third-order valence-corrected chi connectivity index (χ3v) is 4.03. The van der Waals surface area contributed by atoms with Gasteiger partial charge in [0.25, 0.3) is 5.69 Å². The highest BCUT2D eigenvalue weighted by Crippen LogP contribution is 2.22. The highest BCUT2D eigenvalue weighted by Gasteiger charge is 2.20. The smallest absolute Gasteiger partial charge is 0.270 e. The Kier molecular flexibility index (Phi) is 2.31. The molecule has 84 valence electrons. The van der Waals surface area contributed by atoms with E-state index in [0.29, 0.717) is 0 Å². The number of nitrogens with zero attached hydrogens (tertiary/aromatic N) is 3. The fourth-order valence-corrected chi connectivity index (χ4v) is 3.00. The zero-order chi connectivity index (χ0) is 11.9. The first-order valence-electron chi connectivity index (χ1n) is 5.02. The Labute approximate surface area is 93.9 Å². The summed E-state index contributed by atoms with van der Waals surface area (Å²) >= 11 is 0. The number of hydrogen-bond acceptors (Lipinski definition) is 3. The second-order valence-electron chi connectivity index (χ2n) is 4.73. The molecule has 0 unspecified atom stereocenters. The van der Waals surface area contributed by atoms with Crippen LogP contribution in [0.3, 0.4) is 0 Å². The summed E-state index contributed by atoms with van der Waals surface area (Å²) in [5, 5.41) is 15.8. The van der Waals surface area contributed by atoms with Gasteiger partial charge in [-0.15, -0.1) is 0 Å². The molecule has 0 saturated carbocycles.